The third kappa shape index (κ3) is 4.34. The zero-order chi connectivity index (χ0) is 13.7. The largest absolute Gasteiger partial charge is 0.399 e. The molecule has 0 fully saturated rings. The third-order valence-corrected chi connectivity index (χ3v) is 3.77. The number of nitrogen functional groups attached to an aromatic ring is 1. The lowest BCUT2D eigenvalue weighted by Gasteiger charge is -2.06. The van der Waals surface area contributed by atoms with E-state index in [0.29, 0.717) is 23.5 Å². The van der Waals surface area contributed by atoms with Crippen LogP contribution in [0.4, 0.5) is 5.69 Å². The summed E-state index contributed by atoms with van der Waals surface area (Å²) < 4.78 is 30.6. The summed E-state index contributed by atoms with van der Waals surface area (Å²) in [6.07, 6.45) is 1.59. The maximum Gasteiger partial charge on any atom is 0.215 e. The van der Waals surface area contributed by atoms with Gasteiger partial charge in [-0.2, -0.15) is 4.98 Å². The topological polar surface area (TPSA) is 111 Å². The van der Waals surface area contributed by atoms with Gasteiger partial charge in [-0.1, -0.05) is 17.3 Å². The second kappa shape index (κ2) is 5.81. The van der Waals surface area contributed by atoms with E-state index in [4.69, 9.17) is 5.73 Å². The van der Waals surface area contributed by atoms with Gasteiger partial charge in [0.1, 0.15) is 0 Å². The summed E-state index contributed by atoms with van der Waals surface area (Å²) in [6, 6.07) is 6.72. The number of nitrogens with zero attached hydrogens (tertiary/aromatic N) is 2. The minimum Gasteiger partial charge on any atom is -0.399 e. The van der Waals surface area contributed by atoms with Crippen LogP contribution in [0.2, 0.25) is 0 Å². The molecule has 0 bridgehead atoms. The van der Waals surface area contributed by atoms with E-state index in [0.717, 1.165) is 0 Å². The standard InChI is InChI=1S/C11H14N4O3S/c12-10-3-1-9(2-4-10)7-19(16,17)14-6-5-11-13-8-18-15-11/h1-4,8,14H,5-7,12H2. The van der Waals surface area contributed by atoms with Crippen molar-refractivity contribution in [2.24, 2.45) is 0 Å². The molecule has 0 amide bonds. The number of aromatic nitrogens is 2. The number of hydrogen-bond donors (Lipinski definition) is 2. The normalized spacial score (nSPS) is 11.6. The van der Waals surface area contributed by atoms with Gasteiger partial charge in [0.2, 0.25) is 16.4 Å². The van der Waals surface area contributed by atoms with E-state index in [1.165, 1.54) is 6.39 Å². The van der Waals surface area contributed by atoms with Gasteiger partial charge in [-0.05, 0) is 17.7 Å². The van der Waals surface area contributed by atoms with Crippen LogP contribution in [-0.2, 0) is 22.2 Å². The molecule has 0 unspecified atom stereocenters. The summed E-state index contributed by atoms with van der Waals surface area (Å²) in [5.41, 5.74) is 6.82. The number of rotatable bonds is 6. The van der Waals surface area contributed by atoms with Gasteiger partial charge in [0.05, 0.1) is 5.75 Å². The van der Waals surface area contributed by atoms with E-state index in [1.54, 1.807) is 24.3 Å². The highest BCUT2D eigenvalue weighted by Gasteiger charge is 2.11. The second-order valence-corrected chi connectivity index (χ2v) is 5.80. The fourth-order valence-electron chi connectivity index (χ4n) is 1.51. The molecule has 7 nitrogen and oxygen atoms in total. The predicted octanol–water partition coefficient (Wildman–Crippen LogP) is 0.314. The average molecular weight is 282 g/mol. The van der Waals surface area contributed by atoms with Crippen molar-refractivity contribution >= 4 is 15.7 Å². The fraction of sp³-hybridized carbons (Fsp3) is 0.273. The smallest absolute Gasteiger partial charge is 0.215 e. The SMILES string of the molecule is Nc1ccc(CS(=O)(=O)NCCc2ncon2)cc1. The van der Waals surface area contributed by atoms with E-state index in [-0.39, 0.29) is 12.3 Å². The Morgan fingerprint density at radius 1 is 1.26 bits per heavy atom. The zero-order valence-electron chi connectivity index (χ0n) is 10.1. The molecule has 0 saturated heterocycles. The number of anilines is 1. The minimum absolute atomic E-state index is 0.0838. The van der Waals surface area contributed by atoms with Crippen molar-refractivity contribution in [1.29, 1.82) is 0 Å². The Kier molecular flexibility index (Phi) is 4.13. The van der Waals surface area contributed by atoms with Crippen LogP contribution in [0.25, 0.3) is 0 Å². The number of sulfonamides is 1. The summed E-state index contributed by atoms with van der Waals surface area (Å²) in [5, 5.41) is 3.59. The molecule has 3 N–H and O–H groups in total. The first kappa shape index (κ1) is 13.5. The molecule has 0 atom stereocenters. The summed E-state index contributed by atoms with van der Waals surface area (Å²) >= 11 is 0. The van der Waals surface area contributed by atoms with E-state index in [1.807, 2.05) is 0 Å². The maximum atomic E-state index is 11.8. The predicted molar refractivity (Wildman–Crippen MR) is 69.5 cm³/mol. The Morgan fingerprint density at radius 3 is 2.63 bits per heavy atom. The summed E-state index contributed by atoms with van der Waals surface area (Å²) in [7, 11) is -3.38. The minimum atomic E-state index is -3.38. The summed E-state index contributed by atoms with van der Waals surface area (Å²) in [5.74, 6) is 0.384. The molecule has 1 heterocycles. The zero-order valence-corrected chi connectivity index (χ0v) is 10.9. The lowest BCUT2D eigenvalue weighted by molar-refractivity contribution is 0.410. The van der Waals surface area contributed by atoms with Crippen molar-refractivity contribution in [3.8, 4) is 0 Å². The summed E-state index contributed by atoms with van der Waals surface area (Å²) in [6.45, 7) is 0.233. The molecule has 2 rings (SSSR count). The van der Waals surface area contributed by atoms with E-state index < -0.39 is 10.0 Å². The van der Waals surface area contributed by atoms with E-state index in [9.17, 15) is 8.42 Å². The van der Waals surface area contributed by atoms with Crippen molar-refractivity contribution in [3.05, 3.63) is 42.0 Å². The van der Waals surface area contributed by atoms with E-state index >= 15 is 0 Å². The second-order valence-electron chi connectivity index (χ2n) is 3.99. The number of nitrogens with one attached hydrogen (secondary N) is 1. The molecule has 8 heteroatoms. The highest BCUT2D eigenvalue weighted by Crippen LogP contribution is 2.08. The molecular formula is C11H14N4O3S. The van der Waals surface area contributed by atoms with Gasteiger partial charge in [0.25, 0.3) is 0 Å². The maximum absolute atomic E-state index is 11.8. The van der Waals surface area contributed by atoms with Crippen molar-refractivity contribution in [1.82, 2.24) is 14.9 Å². The first-order valence-corrected chi connectivity index (χ1v) is 7.27. The molecule has 1 aromatic carbocycles. The van der Waals surface area contributed by atoms with Crippen LogP contribution in [0.3, 0.4) is 0 Å². The van der Waals surface area contributed by atoms with Crippen molar-refractivity contribution in [2.75, 3.05) is 12.3 Å². The van der Waals surface area contributed by atoms with Gasteiger partial charge < -0.3 is 10.3 Å². The number of benzene rings is 1. The van der Waals surface area contributed by atoms with Gasteiger partial charge in [-0.3, -0.25) is 0 Å². The Balaban J connectivity index is 1.86. The van der Waals surface area contributed by atoms with Crippen LogP contribution in [0.15, 0.2) is 35.2 Å². The Labute approximate surface area is 110 Å². The first-order valence-electron chi connectivity index (χ1n) is 5.62. The Morgan fingerprint density at radius 2 is 2.00 bits per heavy atom. The first-order chi connectivity index (χ1) is 9.05. The highest BCUT2D eigenvalue weighted by atomic mass is 32.2. The molecule has 0 radical (unpaired) electrons. The molecule has 0 aliphatic carbocycles. The number of nitrogens with two attached hydrogens (primary N) is 1. The van der Waals surface area contributed by atoms with Crippen LogP contribution in [0.5, 0.6) is 0 Å². The molecule has 0 spiro atoms. The average Bonchev–Trinajstić information content (AvgIpc) is 2.85. The lowest BCUT2D eigenvalue weighted by atomic mass is 10.2. The monoisotopic (exact) mass is 282 g/mol. The van der Waals surface area contributed by atoms with Gasteiger partial charge in [0, 0.05) is 18.7 Å². The lowest BCUT2D eigenvalue weighted by Crippen LogP contribution is -2.27. The van der Waals surface area contributed by atoms with Crippen LogP contribution in [0, 0.1) is 0 Å². The van der Waals surface area contributed by atoms with Crippen molar-refractivity contribution < 1.29 is 12.9 Å². The number of hydrogen-bond acceptors (Lipinski definition) is 6. The molecule has 2 aromatic rings. The molecule has 0 aliphatic rings. The highest BCUT2D eigenvalue weighted by molar-refractivity contribution is 7.88. The van der Waals surface area contributed by atoms with Crippen LogP contribution >= 0.6 is 0 Å². The van der Waals surface area contributed by atoms with Gasteiger partial charge in [0.15, 0.2) is 5.82 Å². The molecule has 1 aromatic heterocycles. The van der Waals surface area contributed by atoms with E-state index in [2.05, 4.69) is 19.4 Å². The Bertz CT molecular complexity index is 608. The van der Waals surface area contributed by atoms with Crippen molar-refractivity contribution in [3.63, 3.8) is 0 Å². The van der Waals surface area contributed by atoms with Crippen LogP contribution in [0.1, 0.15) is 11.4 Å². The van der Waals surface area contributed by atoms with Gasteiger partial charge in [-0.25, -0.2) is 13.1 Å². The van der Waals surface area contributed by atoms with Crippen molar-refractivity contribution in [2.45, 2.75) is 12.2 Å². The van der Waals surface area contributed by atoms with Crippen LogP contribution in [-0.4, -0.2) is 25.1 Å². The van der Waals surface area contributed by atoms with Crippen LogP contribution < -0.4 is 10.5 Å². The Hall–Kier alpha value is -1.93. The molecule has 0 saturated carbocycles. The summed E-state index contributed by atoms with van der Waals surface area (Å²) in [4.78, 5) is 3.80. The van der Waals surface area contributed by atoms with Gasteiger partial charge >= 0.3 is 0 Å². The molecular weight excluding hydrogens is 268 g/mol. The fourth-order valence-corrected chi connectivity index (χ4v) is 2.65. The third-order valence-electron chi connectivity index (χ3n) is 2.41. The van der Waals surface area contributed by atoms with Gasteiger partial charge in [-0.15, -0.1) is 0 Å². The molecule has 19 heavy (non-hydrogen) atoms. The molecule has 0 aliphatic heterocycles. The molecule has 102 valence electrons. The quantitative estimate of drug-likeness (QED) is 0.738.